The lowest BCUT2D eigenvalue weighted by atomic mass is 9.92. The molecule has 1 heterocycles. The summed E-state index contributed by atoms with van der Waals surface area (Å²) in [6.07, 6.45) is 0. The normalized spacial score (nSPS) is 20.5. The van der Waals surface area contributed by atoms with E-state index in [1.54, 1.807) is 19.1 Å². The van der Waals surface area contributed by atoms with Crippen molar-refractivity contribution in [2.24, 2.45) is 0 Å². The first-order chi connectivity index (χ1) is 15.8. The molecule has 0 spiro atoms. The highest BCUT2D eigenvalue weighted by Gasteiger charge is 2.35. The van der Waals surface area contributed by atoms with E-state index >= 15 is 0 Å². The van der Waals surface area contributed by atoms with Crippen LogP contribution in [0.2, 0.25) is 0 Å². The van der Waals surface area contributed by atoms with Crippen molar-refractivity contribution in [1.29, 1.82) is 0 Å². The fourth-order valence-corrected chi connectivity index (χ4v) is 4.86. The lowest BCUT2D eigenvalue weighted by molar-refractivity contribution is 0.0195. The van der Waals surface area contributed by atoms with Gasteiger partial charge >= 0.3 is 0 Å². The number of nitrogens with zero attached hydrogens (tertiary/aromatic N) is 2. The van der Waals surface area contributed by atoms with Gasteiger partial charge in [-0.15, -0.1) is 0 Å². The second-order valence-electron chi connectivity index (χ2n) is 9.17. The Hall–Kier alpha value is -3.15. The second kappa shape index (κ2) is 9.77. The summed E-state index contributed by atoms with van der Waals surface area (Å²) in [6, 6.07) is 23.3. The highest BCUT2D eigenvalue weighted by atomic mass is 16.3. The van der Waals surface area contributed by atoms with Gasteiger partial charge in [-0.05, 0) is 61.7 Å². The van der Waals surface area contributed by atoms with Gasteiger partial charge in [-0.25, -0.2) is 0 Å². The van der Waals surface area contributed by atoms with Crippen LogP contribution < -0.4 is 0 Å². The first-order valence-electron chi connectivity index (χ1n) is 11.5. The molecular weight excluding hydrogens is 412 g/mol. The molecule has 3 atom stereocenters. The average molecular weight is 445 g/mol. The van der Waals surface area contributed by atoms with E-state index in [0.29, 0.717) is 17.4 Å². The molecule has 0 bridgehead atoms. The molecule has 2 N–H and O–H groups in total. The Balaban J connectivity index is 1.62. The molecule has 3 aromatic rings. The minimum atomic E-state index is -0.0292. The maximum atomic E-state index is 11.8. The minimum absolute atomic E-state index is 0.0292. The van der Waals surface area contributed by atoms with E-state index in [9.17, 15) is 15.0 Å². The van der Waals surface area contributed by atoms with Crippen molar-refractivity contribution in [3.8, 4) is 11.5 Å². The first kappa shape index (κ1) is 23.0. The largest absolute Gasteiger partial charge is 0.508 e. The van der Waals surface area contributed by atoms with Crippen LogP contribution in [0.3, 0.4) is 0 Å². The van der Waals surface area contributed by atoms with Crippen molar-refractivity contribution < 1.29 is 15.0 Å². The van der Waals surface area contributed by atoms with Crippen molar-refractivity contribution in [2.75, 3.05) is 13.1 Å². The zero-order valence-corrected chi connectivity index (χ0v) is 19.5. The first-order valence-corrected chi connectivity index (χ1v) is 11.5. The molecule has 0 radical (unpaired) electrons. The van der Waals surface area contributed by atoms with Crippen LogP contribution in [0.25, 0.3) is 0 Å². The lowest BCUT2D eigenvalue weighted by Crippen LogP contribution is -2.56. The van der Waals surface area contributed by atoms with Crippen molar-refractivity contribution in [3.05, 3.63) is 95.1 Å². The number of hydrogen-bond donors (Lipinski definition) is 2. The maximum absolute atomic E-state index is 11.8. The molecule has 4 rings (SSSR count). The van der Waals surface area contributed by atoms with Crippen LogP contribution in [0.1, 0.15) is 53.9 Å². The molecule has 0 amide bonds. The van der Waals surface area contributed by atoms with Crippen LogP contribution >= 0.6 is 0 Å². The van der Waals surface area contributed by atoms with Gasteiger partial charge in [0.05, 0.1) is 6.04 Å². The predicted molar refractivity (Wildman–Crippen MR) is 131 cm³/mol. The minimum Gasteiger partial charge on any atom is -0.508 e. The van der Waals surface area contributed by atoms with E-state index in [4.69, 9.17) is 0 Å². The Morgan fingerprint density at radius 1 is 0.879 bits per heavy atom. The Bertz CT molecular complexity index is 1110. The fraction of sp³-hybridized carbons (Fsp3) is 0.321. The van der Waals surface area contributed by atoms with Gasteiger partial charge in [0, 0.05) is 37.3 Å². The fourth-order valence-electron chi connectivity index (χ4n) is 4.86. The summed E-state index contributed by atoms with van der Waals surface area (Å²) >= 11 is 0. The summed E-state index contributed by atoms with van der Waals surface area (Å²) < 4.78 is 0. The van der Waals surface area contributed by atoms with E-state index in [-0.39, 0.29) is 23.6 Å². The van der Waals surface area contributed by atoms with Gasteiger partial charge in [0.25, 0.3) is 0 Å². The number of phenolic OH excluding ortho intramolecular Hbond substituents is 2. The number of hydrogen-bond acceptors (Lipinski definition) is 5. The molecule has 33 heavy (non-hydrogen) atoms. The number of rotatable bonds is 6. The van der Waals surface area contributed by atoms with Crippen LogP contribution in [0.15, 0.2) is 72.8 Å². The molecule has 0 aromatic heterocycles. The number of ketones is 1. The molecule has 172 valence electrons. The zero-order chi connectivity index (χ0) is 23.5. The quantitative estimate of drug-likeness (QED) is 0.525. The molecule has 1 aliphatic rings. The van der Waals surface area contributed by atoms with Crippen LogP contribution in [0, 0.1) is 0 Å². The maximum Gasteiger partial charge on any atom is 0.159 e. The number of benzene rings is 3. The number of phenols is 2. The van der Waals surface area contributed by atoms with Crippen LogP contribution in [0.5, 0.6) is 11.5 Å². The molecule has 3 aromatic carbocycles. The number of carbonyl (C=O) groups is 1. The van der Waals surface area contributed by atoms with Crippen molar-refractivity contribution in [1.82, 2.24) is 9.80 Å². The van der Waals surface area contributed by atoms with Crippen LogP contribution in [0.4, 0.5) is 0 Å². The smallest absolute Gasteiger partial charge is 0.159 e. The van der Waals surface area contributed by atoms with E-state index in [2.05, 4.69) is 35.8 Å². The summed E-state index contributed by atoms with van der Waals surface area (Å²) in [4.78, 5) is 16.7. The van der Waals surface area contributed by atoms with Gasteiger partial charge in [-0.2, -0.15) is 0 Å². The SMILES string of the molecule is CC(=O)c1ccc(C(c2cccc(O)c2)N2C[C@@H](C)N(Cc3cccc(O)c3)C[C@@H]2C)cc1. The molecule has 1 saturated heterocycles. The Morgan fingerprint density at radius 3 is 2.18 bits per heavy atom. The van der Waals surface area contributed by atoms with Gasteiger partial charge in [-0.3, -0.25) is 14.6 Å². The van der Waals surface area contributed by atoms with Crippen LogP contribution in [-0.2, 0) is 6.54 Å². The summed E-state index contributed by atoms with van der Waals surface area (Å²) in [5, 5.41) is 20.0. The third kappa shape index (κ3) is 5.27. The van der Waals surface area contributed by atoms with E-state index in [1.165, 1.54) is 0 Å². The summed E-state index contributed by atoms with van der Waals surface area (Å²) in [5.74, 6) is 0.601. The number of Topliss-reactive ketones (excluding diaryl/α,β-unsaturated/α-hetero) is 1. The summed E-state index contributed by atoms with van der Waals surface area (Å²) in [7, 11) is 0. The van der Waals surface area contributed by atoms with Gasteiger partial charge in [0.1, 0.15) is 11.5 Å². The van der Waals surface area contributed by atoms with Crippen molar-refractivity contribution in [2.45, 2.75) is 45.4 Å². The Morgan fingerprint density at radius 2 is 1.55 bits per heavy atom. The second-order valence-corrected chi connectivity index (χ2v) is 9.17. The third-order valence-electron chi connectivity index (χ3n) is 6.61. The Labute approximate surface area is 195 Å². The molecule has 0 aliphatic carbocycles. The predicted octanol–water partition coefficient (Wildman–Crippen LogP) is 4.98. The monoisotopic (exact) mass is 444 g/mol. The van der Waals surface area contributed by atoms with E-state index in [1.807, 2.05) is 48.5 Å². The number of carbonyl (C=O) groups excluding carboxylic acids is 1. The van der Waals surface area contributed by atoms with E-state index < -0.39 is 0 Å². The molecule has 5 heteroatoms. The molecule has 1 fully saturated rings. The summed E-state index contributed by atoms with van der Waals surface area (Å²) in [5.41, 5.74) is 3.94. The highest BCUT2D eigenvalue weighted by Crippen LogP contribution is 2.35. The molecule has 0 saturated carbocycles. The zero-order valence-electron chi connectivity index (χ0n) is 19.5. The highest BCUT2D eigenvalue weighted by molar-refractivity contribution is 5.94. The molecule has 1 aliphatic heterocycles. The Kier molecular flexibility index (Phi) is 6.82. The molecule has 5 nitrogen and oxygen atoms in total. The van der Waals surface area contributed by atoms with Gasteiger partial charge in [-0.1, -0.05) is 48.5 Å². The number of piperazine rings is 1. The van der Waals surface area contributed by atoms with E-state index in [0.717, 1.165) is 36.3 Å². The lowest BCUT2D eigenvalue weighted by Gasteiger charge is -2.47. The van der Waals surface area contributed by atoms with Gasteiger partial charge < -0.3 is 10.2 Å². The topological polar surface area (TPSA) is 64.0 Å². The van der Waals surface area contributed by atoms with Gasteiger partial charge in [0.2, 0.25) is 0 Å². The van der Waals surface area contributed by atoms with Crippen LogP contribution in [-0.4, -0.2) is 51.0 Å². The van der Waals surface area contributed by atoms with Crippen molar-refractivity contribution in [3.63, 3.8) is 0 Å². The molecule has 1 unspecified atom stereocenters. The molecular formula is C28H32N2O3. The van der Waals surface area contributed by atoms with Crippen molar-refractivity contribution >= 4 is 5.78 Å². The third-order valence-corrected chi connectivity index (χ3v) is 6.61. The van der Waals surface area contributed by atoms with Gasteiger partial charge in [0.15, 0.2) is 5.78 Å². The summed E-state index contributed by atoms with van der Waals surface area (Å²) in [6.45, 7) is 8.59. The standard InChI is InChI=1S/C28H32N2O3/c1-19-17-30(20(2)16-29(19)18-22-6-4-8-26(32)14-22)28(25-7-5-9-27(33)15-25)24-12-10-23(11-13-24)21(3)31/h4-15,19-20,28,32-33H,16-18H2,1-3H3/t19-,20+,28?/m1/s1. The average Bonchev–Trinajstić information content (AvgIpc) is 2.78. The number of aromatic hydroxyl groups is 2.